The predicted octanol–water partition coefficient (Wildman–Crippen LogP) is 1.35. The van der Waals surface area contributed by atoms with Crippen molar-refractivity contribution in [3.63, 3.8) is 0 Å². The van der Waals surface area contributed by atoms with E-state index in [0.29, 0.717) is 13.2 Å². The Morgan fingerprint density at radius 3 is 2.24 bits per heavy atom. The van der Waals surface area contributed by atoms with E-state index in [1.54, 1.807) is 14.2 Å². The summed E-state index contributed by atoms with van der Waals surface area (Å²) < 4.78 is 16.4. The second kappa shape index (κ2) is 8.06. The van der Waals surface area contributed by atoms with Crippen LogP contribution in [0.25, 0.3) is 0 Å². The zero-order chi connectivity index (χ0) is 17.8. The van der Waals surface area contributed by atoms with Crippen molar-refractivity contribution >= 4 is 5.91 Å². The lowest BCUT2D eigenvalue weighted by Crippen LogP contribution is -2.55. The Morgan fingerprint density at radius 1 is 1.12 bits per heavy atom. The molecule has 1 saturated heterocycles. The largest absolute Gasteiger partial charge is 0.493 e. The van der Waals surface area contributed by atoms with Crippen LogP contribution in [0.5, 0.6) is 11.5 Å². The molecule has 1 atom stereocenters. The van der Waals surface area contributed by atoms with E-state index in [2.05, 4.69) is 11.8 Å². The fourth-order valence-corrected chi connectivity index (χ4v) is 3.73. The zero-order valence-electron chi connectivity index (χ0n) is 15.4. The first kappa shape index (κ1) is 18.0. The van der Waals surface area contributed by atoms with Gasteiger partial charge in [0.15, 0.2) is 11.5 Å². The average Bonchev–Trinajstić information content (AvgIpc) is 2.88. The first-order chi connectivity index (χ1) is 12.2. The molecule has 1 fully saturated rings. The van der Waals surface area contributed by atoms with Crippen molar-refractivity contribution in [1.82, 2.24) is 9.80 Å². The van der Waals surface area contributed by atoms with Gasteiger partial charge in [-0.05, 0) is 42.6 Å². The summed E-state index contributed by atoms with van der Waals surface area (Å²) in [5, 5.41) is 0. The third-order valence-electron chi connectivity index (χ3n) is 5.25. The number of carbonyl (C=O) groups is 1. The topological polar surface area (TPSA) is 51.2 Å². The van der Waals surface area contributed by atoms with Crippen molar-refractivity contribution in [2.24, 2.45) is 0 Å². The summed E-state index contributed by atoms with van der Waals surface area (Å²) in [7, 11) is 3.30. The maximum absolute atomic E-state index is 13.0. The van der Waals surface area contributed by atoms with Gasteiger partial charge in [-0.25, -0.2) is 0 Å². The van der Waals surface area contributed by atoms with E-state index in [0.717, 1.165) is 50.5 Å². The van der Waals surface area contributed by atoms with Gasteiger partial charge in [0.1, 0.15) is 6.04 Å². The highest BCUT2D eigenvalue weighted by Crippen LogP contribution is 2.32. The summed E-state index contributed by atoms with van der Waals surface area (Å²) in [5.74, 6) is 1.69. The van der Waals surface area contributed by atoms with Gasteiger partial charge in [0, 0.05) is 19.6 Å². The highest BCUT2D eigenvalue weighted by Gasteiger charge is 2.32. The Bertz CT molecular complexity index is 585. The molecule has 2 aliphatic rings. The van der Waals surface area contributed by atoms with Gasteiger partial charge in [0.05, 0.1) is 27.4 Å². The van der Waals surface area contributed by atoms with Crippen LogP contribution >= 0.6 is 0 Å². The Labute approximate surface area is 149 Å². The highest BCUT2D eigenvalue weighted by atomic mass is 16.5. The number of rotatable bonds is 4. The molecule has 0 spiro atoms. The smallest absolute Gasteiger partial charge is 0.242 e. The van der Waals surface area contributed by atoms with Crippen LogP contribution in [0.3, 0.4) is 0 Å². The first-order valence-corrected chi connectivity index (χ1v) is 9.02. The van der Waals surface area contributed by atoms with Crippen LogP contribution in [0.2, 0.25) is 0 Å². The summed E-state index contributed by atoms with van der Waals surface area (Å²) in [6, 6.07) is 3.94. The zero-order valence-corrected chi connectivity index (χ0v) is 15.4. The van der Waals surface area contributed by atoms with Crippen molar-refractivity contribution < 1.29 is 19.0 Å². The number of benzene rings is 1. The minimum absolute atomic E-state index is 0.149. The number of morpholine rings is 1. The Hall–Kier alpha value is -1.79. The number of carbonyl (C=O) groups excluding carboxylic acids is 1. The predicted molar refractivity (Wildman–Crippen MR) is 95.4 cm³/mol. The van der Waals surface area contributed by atoms with Crippen molar-refractivity contribution in [3.05, 3.63) is 23.3 Å². The standard InChI is InChI=1S/C19H28N2O4/c1-4-20-9-10-25-13-16(20)19(22)21-7-5-14-11-17(23-2)18(24-3)12-15(14)6-8-21/h11-12,16H,4-10,13H2,1-3H3. The van der Waals surface area contributed by atoms with Crippen molar-refractivity contribution in [3.8, 4) is 11.5 Å². The summed E-state index contributed by atoms with van der Waals surface area (Å²) in [4.78, 5) is 17.2. The van der Waals surface area contributed by atoms with E-state index in [1.165, 1.54) is 11.1 Å². The third-order valence-corrected chi connectivity index (χ3v) is 5.25. The highest BCUT2D eigenvalue weighted by molar-refractivity contribution is 5.82. The molecule has 0 saturated carbocycles. The van der Waals surface area contributed by atoms with Gasteiger partial charge in [0.25, 0.3) is 0 Å². The third kappa shape index (κ3) is 3.75. The molecule has 3 rings (SSSR count). The van der Waals surface area contributed by atoms with Crippen LogP contribution in [-0.2, 0) is 22.4 Å². The van der Waals surface area contributed by atoms with E-state index >= 15 is 0 Å². The van der Waals surface area contributed by atoms with Gasteiger partial charge in [-0.15, -0.1) is 0 Å². The normalized spacial score (nSPS) is 21.4. The molecule has 6 heteroatoms. The number of nitrogens with zero attached hydrogens (tertiary/aromatic N) is 2. The van der Waals surface area contributed by atoms with Crippen LogP contribution in [0.4, 0.5) is 0 Å². The van der Waals surface area contributed by atoms with Crippen LogP contribution in [-0.4, -0.2) is 75.4 Å². The molecule has 2 aliphatic heterocycles. The van der Waals surface area contributed by atoms with Crippen LogP contribution in [0.15, 0.2) is 12.1 Å². The Balaban J connectivity index is 1.74. The molecular weight excluding hydrogens is 320 g/mol. The minimum Gasteiger partial charge on any atom is -0.493 e. The number of ether oxygens (including phenoxy) is 3. The molecule has 1 aromatic carbocycles. The lowest BCUT2D eigenvalue weighted by atomic mass is 10.0. The summed E-state index contributed by atoms with van der Waals surface area (Å²) in [6.45, 7) is 6.48. The monoisotopic (exact) mass is 348 g/mol. The second-order valence-corrected chi connectivity index (χ2v) is 6.52. The number of methoxy groups -OCH3 is 2. The lowest BCUT2D eigenvalue weighted by Gasteiger charge is -2.36. The quantitative estimate of drug-likeness (QED) is 0.822. The summed E-state index contributed by atoms with van der Waals surface area (Å²) in [5.41, 5.74) is 2.47. The van der Waals surface area contributed by atoms with Crippen LogP contribution in [0.1, 0.15) is 18.1 Å². The van der Waals surface area contributed by atoms with E-state index < -0.39 is 0 Å². The lowest BCUT2D eigenvalue weighted by molar-refractivity contribution is -0.143. The molecule has 1 unspecified atom stereocenters. The number of fused-ring (bicyclic) bond motifs is 1. The van der Waals surface area contributed by atoms with Gasteiger partial charge in [-0.1, -0.05) is 6.92 Å². The summed E-state index contributed by atoms with van der Waals surface area (Å²) >= 11 is 0. The molecular formula is C19H28N2O4. The first-order valence-electron chi connectivity index (χ1n) is 9.02. The Kier molecular flexibility index (Phi) is 5.81. The van der Waals surface area contributed by atoms with Crippen LogP contribution < -0.4 is 9.47 Å². The van der Waals surface area contributed by atoms with E-state index in [9.17, 15) is 4.79 Å². The molecule has 0 radical (unpaired) electrons. The minimum atomic E-state index is -0.149. The molecule has 0 N–H and O–H groups in total. The van der Waals surface area contributed by atoms with E-state index in [-0.39, 0.29) is 11.9 Å². The molecule has 1 amide bonds. The number of hydrogen-bond donors (Lipinski definition) is 0. The van der Waals surface area contributed by atoms with E-state index in [4.69, 9.17) is 14.2 Å². The van der Waals surface area contributed by atoms with Gasteiger partial charge in [0.2, 0.25) is 5.91 Å². The molecule has 1 aromatic rings. The van der Waals surface area contributed by atoms with Crippen molar-refractivity contribution in [2.45, 2.75) is 25.8 Å². The van der Waals surface area contributed by atoms with E-state index in [1.807, 2.05) is 17.0 Å². The van der Waals surface area contributed by atoms with Gasteiger partial charge >= 0.3 is 0 Å². The molecule has 0 bridgehead atoms. The number of likely N-dealkylation sites (N-methyl/N-ethyl adjacent to an activating group) is 1. The fourth-order valence-electron chi connectivity index (χ4n) is 3.73. The number of amides is 1. The van der Waals surface area contributed by atoms with Crippen LogP contribution in [0, 0.1) is 0 Å². The van der Waals surface area contributed by atoms with Gasteiger partial charge < -0.3 is 19.1 Å². The molecule has 2 heterocycles. The SMILES string of the molecule is CCN1CCOCC1C(=O)N1CCc2cc(OC)c(OC)cc2CC1. The van der Waals surface area contributed by atoms with Crippen molar-refractivity contribution in [1.29, 1.82) is 0 Å². The Morgan fingerprint density at radius 2 is 1.72 bits per heavy atom. The van der Waals surface area contributed by atoms with Crippen molar-refractivity contribution in [2.75, 3.05) is 53.6 Å². The van der Waals surface area contributed by atoms with Gasteiger partial charge in [-0.2, -0.15) is 0 Å². The number of hydrogen-bond acceptors (Lipinski definition) is 5. The maximum atomic E-state index is 13.0. The summed E-state index contributed by atoms with van der Waals surface area (Å²) in [6.07, 6.45) is 1.67. The maximum Gasteiger partial charge on any atom is 0.242 e. The van der Waals surface area contributed by atoms with Gasteiger partial charge in [-0.3, -0.25) is 9.69 Å². The fraction of sp³-hybridized carbons (Fsp3) is 0.632. The molecule has 0 aromatic heterocycles. The molecule has 0 aliphatic carbocycles. The molecule has 6 nitrogen and oxygen atoms in total. The second-order valence-electron chi connectivity index (χ2n) is 6.52. The average molecular weight is 348 g/mol. The molecule has 25 heavy (non-hydrogen) atoms. The molecule has 138 valence electrons.